The number of nitrogens with one attached hydrogen (secondary N) is 2. The van der Waals surface area contributed by atoms with Crippen LogP contribution in [0.2, 0.25) is 0 Å². The summed E-state index contributed by atoms with van der Waals surface area (Å²) in [5.74, 6) is 3.51. The minimum atomic E-state index is -1.96. The molecule has 3 amide bonds. The maximum absolute atomic E-state index is 12.8. The van der Waals surface area contributed by atoms with Gasteiger partial charge in [-0.2, -0.15) is 0 Å². The summed E-state index contributed by atoms with van der Waals surface area (Å²) in [6.45, 7) is 4.86. The number of amides is 3. The number of hydrogen-bond donors (Lipinski definition) is 5. The van der Waals surface area contributed by atoms with Crippen molar-refractivity contribution in [3.05, 3.63) is 70.8 Å². The first-order chi connectivity index (χ1) is 16.2. The molecule has 0 fully saturated rings. The van der Waals surface area contributed by atoms with E-state index in [2.05, 4.69) is 17.2 Å². The first kappa shape index (κ1) is 28.3. The van der Waals surface area contributed by atoms with E-state index in [4.69, 9.17) is 10.3 Å². The van der Waals surface area contributed by atoms with Crippen LogP contribution < -0.4 is 10.8 Å². The van der Waals surface area contributed by atoms with E-state index in [1.54, 1.807) is 36.4 Å². The molecule has 1 unspecified atom stereocenters. The first-order valence-corrected chi connectivity index (χ1v) is 10.6. The van der Waals surface area contributed by atoms with E-state index in [0.29, 0.717) is 16.7 Å². The van der Waals surface area contributed by atoms with Crippen LogP contribution in [0.5, 0.6) is 0 Å². The minimum absolute atomic E-state index is 0.223. The van der Waals surface area contributed by atoms with Gasteiger partial charge in [-0.3, -0.25) is 19.6 Å². The van der Waals surface area contributed by atoms with Crippen molar-refractivity contribution < 1.29 is 29.8 Å². The molecule has 9 heteroatoms. The molecule has 0 heterocycles. The summed E-state index contributed by atoms with van der Waals surface area (Å²) in [5.41, 5.74) is 1.61. The van der Waals surface area contributed by atoms with Crippen molar-refractivity contribution in [2.75, 3.05) is 20.7 Å². The summed E-state index contributed by atoms with van der Waals surface area (Å²) >= 11 is 0. The van der Waals surface area contributed by atoms with Gasteiger partial charge in [-0.05, 0) is 48.9 Å². The van der Waals surface area contributed by atoms with E-state index < -0.39 is 29.4 Å². The predicted molar refractivity (Wildman–Crippen MR) is 127 cm³/mol. The van der Waals surface area contributed by atoms with Crippen LogP contribution in [0.15, 0.2) is 48.5 Å². The molecule has 2 aromatic rings. The third kappa shape index (κ3) is 6.42. The van der Waals surface area contributed by atoms with E-state index in [0.717, 1.165) is 4.90 Å². The molecule has 0 aromatic heterocycles. The maximum atomic E-state index is 12.8. The van der Waals surface area contributed by atoms with Crippen molar-refractivity contribution in [2.45, 2.75) is 32.4 Å². The number of rotatable bonds is 6. The highest BCUT2D eigenvalue weighted by Crippen LogP contribution is 2.18. The van der Waals surface area contributed by atoms with Crippen LogP contribution in [0.25, 0.3) is 0 Å². The summed E-state index contributed by atoms with van der Waals surface area (Å²) < 4.78 is 0. The number of carbonyl (C=O) groups excluding carboxylic acids is 3. The zero-order valence-corrected chi connectivity index (χ0v) is 19.9. The number of aliphatic hydroxyl groups is 2. The summed E-state index contributed by atoms with van der Waals surface area (Å²) in [6.07, 6.45) is -0.936. The zero-order valence-electron chi connectivity index (χ0n) is 19.9. The van der Waals surface area contributed by atoms with E-state index >= 15 is 0 Å². The number of hydroxylamine groups is 1. The van der Waals surface area contributed by atoms with Crippen LogP contribution >= 0.6 is 0 Å². The molecule has 0 radical (unpaired) electrons. The lowest BCUT2D eigenvalue weighted by atomic mass is 9.96. The molecule has 2 rings (SSSR count). The molecule has 2 atom stereocenters. The second-order valence-electron chi connectivity index (χ2n) is 7.10. The van der Waals surface area contributed by atoms with Crippen molar-refractivity contribution in [3.8, 4) is 11.8 Å². The molecule has 34 heavy (non-hydrogen) atoms. The van der Waals surface area contributed by atoms with Crippen LogP contribution in [-0.4, -0.2) is 64.3 Å². The highest BCUT2D eigenvalue weighted by Gasteiger charge is 2.47. The Balaban J connectivity index is 0.00000281. The quantitative estimate of drug-likeness (QED) is 0.187. The number of hydrogen-bond acceptors (Lipinski definition) is 6. The third-order valence-corrected chi connectivity index (χ3v) is 5.14. The predicted octanol–water partition coefficient (Wildman–Crippen LogP) is 1.22. The van der Waals surface area contributed by atoms with E-state index in [1.165, 1.54) is 38.6 Å². The van der Waals surface area contributed by atoms with Crippen LogP contribution in [0, 0.1) is 11.8 Å². The minimum Gasteiger partial charge on any atom is -0.393 e. The largest absolute Gasteiger partial charge is 0.393 e. The van der Waals surface area contributed by atoms with E-state index in [-0.39, 0.29) is 12.2 Å². The van der Waals surface area contributed by atoms with Crippen LogP contribution in [-0.2, 0) is 9.59 Å². The average Bonchev–Trinajstić information content (AvgIpc) is 2.90. The summed E-state index contributed by atoms with van der Waals surface area (Å²) in [4.78, 5) is 38.1. The summed E-state index contributed by atoms with van der Waals surface area (Å²) in [5, 5.41) is 29.9. The van der Waals surface area contributed by atoms with Crippen LogP contribution in [0.3, 0.4) is 0 Å². The summed E-state index contributed by atoms with van der Waals surface area (Å²) in [6, 6.07) is 13.1. The third-order valence-electron chi connectivity index (χ3n) is 5.14. The van der Waals surface area contributed by atoms with Gasteiger partial charge in [-0.1, -0.05) is 37.8 Å². The number of aliphatic hydroxyl groups excluding tert-OH is 2. The fourth-order valence-electron chi connectivity index (χ4n) is 2.89. The fourth-order valence-corrected chi connectivity index (χ4v) is 2.89. The monoisotopic (exact) mass is 469 g/mol. The molecule has 2 aromatic carbocycles. The van der Waals surface area contributed by atoms with Gasteiger partial charge in [0.15, 0.2) is 5.54 Å². The van der Waals surface area contributed by atoms with Gasteiger partial charge >= 0.3 is 0 Å². The summed E-state index contributed by atoms with van der Waals surface area (Å²) in [7, 11) is 2.61. The number of carbonyl (C=O) groups is 3. The Labute approximate surface area is 199 Å². The molecule has 0 aliphatic rings. The van der Waals surface area contributed by atoms with Gasteiger partial charge in [0.2, 0.25) is 0 Å². The Kier molecular flexibility index (Phi) is 10.9. The Morgan fingerprint density at radius 1 is 0.971 bits per heavy atom. The molecule has 0 bridgehead atoms. The van der Waals surface area contributed by atoms with Crippen molar-refractivity contribution in [1.82, 2.24) is 15.7 Å². The van der Waals surface area contributed by atoms with Gasteiger partial charge in [-0.15, -0.1) is 0 Å². The zero-order chi connectivity index (χ0) is 25.9. The Morgan fingerprint density at radius 2 is 1.44 bits per heavy atom. The lowest BCUT2D eigenvalue weighted by molar-refractivity contribution is -0.148. The number of nitrogens with zero attached hydrogens (tertiary/aromatic N) is 1. The van der Waals surface area contributed by atoms with Gasteiger partial charge in [0.1, 0.15) is 6.10 Å². The molecule has 9 nitrogen and oxygen atoms in total. The molecule has 5 N–H and O–H groups in total. The van der Waals surface area contributed by atoms with E-state index in [9.17, 15) is 19.5 Å². The highest BCUT2D eigenvalue weighted by molar-refractivity contribution is 6.12. The number of benzene rings is 2. The van der Waals surface area contributed by atoms with Crippen molar-refractivity contribution in [2.24, 2.45) is 0 Å². The van der Waals surface area contributed by atoms with Gasteiger partial charge in [0.05, 0.1) is 6.61 Å². The molecule has 182 valence electrons. The van der Waals surface area contributed by atoms with Gasteiger partial charge in [0.25, 0.3) is 17.7 Å². The SMILES string of the molecule is CC.CNC(=O)[C@@](C)(C(=O)NO)N(C)C(=O)c1ccc(C#Cc2ccc(C(O)CO)cc2)cc1. The Bertz CT molecular complexity index is 1020. The second kappa shape index (κ2) is 13.1. The highest BCUT2D eigenvalue weighted by atomic mass is 16.5. The number of likely N-dealkylation sites (N-methyl/N-ethyl adjacent to an activating group) is 2. The fraction of sp³-hybridized carbons (Fsp3) is 0.320. The smallest absolute Gasteiger partial charge is 0.278 e. The Hall–Kier alpha value is -3.71. The first-order valence-electron chi connectivity index (χ1n) is 10.6. The molecule has 0 spiro atoms. The van der Waals surface area contributed by atoms with Crippen LogP contribution in [0.1, 0.15) is 53.9 Å². The molecule has 0 aliphatic carbocycles. The topological polar surface area (TPSA) is 139 Å². The van der Waals surface area contributed by atoms with Crippen molar-refractivity contribution in [1.29, 1.82) is 0 Å². The van der Waals surface area contributed by atoms with Gasteiger partial charge in [-0.25, -0.2) is 5.48 Å². The molecule has 0 saturated heterocycles. The Morgan fingerprint density at radius 3 is 1.85 bits per heavy atom. The maximum Gasteiger partial charge on any atom is 0.278 e. The van der Waals surface area contributed by atoms with Crippen molar-refractivity contribution in [3.63, 3.8) is 0 Å². The van der Waals surface area contributed by atoms with E-state index in [1.807, 2.05) is 13.8 Å². The molecular formula is C25H31N3O6. The lowest BCUT2D eigenvalue weighted by Crippen LogP contribution is -2.64. The normalized spacial score (nSPS) is 12.5. The van der Waals surface area contributed by atoms with Crippen LogP contribution in [0.4, 0.5) is 0 Å². The van der Waals surface area contributed by atoms with Gasteiger partial charge in [0, 0.05) is 30.8 Å². The second-order valence-corrected chi connectivity index (χ2v) is 7.10. The van der Waals surface area contributed by atoms with Crippen molar-refractivity contribution >= 4 is 17.7 Å². The molecule has 0 aliphatic heterocycles. The standard InChI is InChI=1S/C23H25N3O6.C2H6/c1-23(21(30)24-2,22(31)25-32)26(3)20(29)18-12-8-16(9-13-18)5-4-15-6-10-17(11-7-15)19(28)14-27;1-2/h6-13,19,27-28,32H,14H2,1-3H3,(H,24,30)(H,25,31);1-2H3/t19?,23-;/m0./s1. The van der Waals surface area contributed by atoms with Gasteiger partial charge < -0.3 is 20.4 Å². The average molecular weight is 470 g/mol. The molecular weight excluding hydrogens is 438 g/mol. The lowest BCUT2D eigenvalue weighted by Gasteiger charge is -2.34. The molecule has 0 saturated carbocycles.